The number of anilines is 1. The Bertz CT molecular complexity index is 3900. The monoisotopic (exact) mass is 1770 g/mol. The maximum absolute atomic E-state index is 10.6. The van der Waals surface area contributed by atoms with Crippen molar-refractivity contribution in [2.75, 3.05) is 62.6 Å². The van der Waals surface area contributed by atoms with Crippen molar-refractivity contribution in [2.45, 2.75) is 0 Å². The van der Waals surface area contributed by atoms with E-state index >= 15 is 0 Å². The predicted octanol–water partition coefficient (Wildman–Crippen LogP) is 17.5. The molecule has 0 saturated heterocycles. The lowest BCUT2D eigenvalue weighted by Gasteiger charge is -2.10. The van der Waals surface area contributed by atoms with Gasteiger partial charge in [-0.15, -0.1) is 47.3 Å². The van der Waals surface area contributed by atoms with E-state index in [1.165, 1.54) is 48.1 Å². The predicted molar refractivity (Wildman–Crippen MR) is 409 cm³/mol. The highest BCUT2D eigenvalue weighted by Gasteiger charge is 2.17. The highest BCUT2D eigenvalue weighted by Crippen LogP contribution is 2.37. The van der Waals surface area contributed by atoms with Crippen LogP contribution in [0.1, 0.15) is 0 Å². The standard InChI is InChI=1S/C14H13IO2.C14H13NO4.C14H15NO2.C12H9IO2.C8H11BO4.C6H4BrNO2.BBr3/c1-16-12-7-8-13(14(9-12)17-2)10-3-5-11(15)6-4-10;1-18-12-7-8-13(14(9-12)19-2)10-3-5-11(6-4-10)15(16)17;1-16-12-7-8-13(14(9-12)17-2)10-3-5-11(15)6-4-10;13-9-3-1-8(2-4-9)11-6-5-10(14)7-12(11)15;1-12-6-3-4-7(9(10)11)8(5-6)13-2;7-5-1-3-6(4-2-5)8(9)10;2-1(3)4/h3-9H,1-2H3;3-9H,1-2H3;3-9H,15H2,1-2H3;1-7,14-15H;3-5,10-11H,1-2H3;1-4H;. The van der Waals surface area contributed by atoms with Crippen LogP contribution >= 0.6 is 108 Å². The molecule has 10 rings (SSSR count). The van der Waals surface area contributed by atoms with Crippen LogP contribution in [0.25, 0.3) is 44.5 Å². The van der Waals surface area contributed by atoms with E-state index in [2.05, 4.69) is 133 Å². The molecule has 19 nitrogen and oxygen atoms in total. The van der Waals surface area contributed by atoms with Gasteiger partial charge in [0.15, 0.2) is 0 Å². The Labute approximate surface area is 612 Å². The number of benzene rings is 10. The zero-order chi connectivity index (χ0) is 70.1. The summed E-state index contributed by atoms with van der Waals surface area (Å²) in [5.74, 6) is 5.72. The number of nitrogens with two attached hydrogens (primary N) is 1. The van der Waals surface area contributed by atoms with Gasteiger partial charge in [0.2, 0.25) is 0 Å². The molecule has 0 amide bonds. The molecule has 0 saturated carbocycles. The Kier molecular flexibility index (Phi) is 35.2. The zero-order valence-electron chi connectivity index (χ0n) is 52.3. The van der Waals surface area contributed by atoms with Gasteiger partial charge >= 0.3 is 10.3 Å². The minimum Gasteiger partial charge on any atom is -0.508 e. The highest BCUT2D eigenvalue weighted by molar-refractivity contribution is 14.1. The molecular formula is C68H65B2Br4I2N3O16. The molecule has 0 fully saturated rings. The largest absolute Gasteiger partial charge is 0.508 e. The van der Waals surface area contributed by atoms with E-state index in [0.717, 1.165) is 81.2 Å². The number of rotatable bonds is 15. The molecule has 0 radical (unpaired) electrons. The first-order valence-electron chi connectivity index (χ1n) is 27.6. The molecule has 6 N–H and O–H groups in total. The lowest BCUT2D eigenvalue weighted by Crippen LogP contribution is -2.31. The van der Waals surface area contributed by atoms with E-state index in [-0.39, 0.29) is 26.1 Å². The third kappa shape index (κ3) is 26.7. The maximum Gasteiger partial charge on any atom is 0.492 e. The number of nitro groups is 2. The van der Waals surface area contributed by atoms with Gasteiger partial charge in [-0.25, -0.2) is 0 Å². The summed E-state index contributed by atoms with van der Waals surface area (Å²) in [5.41, 5.74) is 14.6. The van der Waals surface area contributed by atoms with Crippen LogP contribution in [0.15, 0.2) is 217 Å². The van der Waals surface area contributed by atoms with Crippen molar-refractivity contribution in [1.82, 2.24) is 0 Å². The van der Waals surface area contributed by atoms with Crippen LogP contribution in [0.2, 0.25) is 0 Å². The first-order chi connectivity index (χ1) is 45.4. The summed E-state index contributed by atoms with van der Waals surface area (Å²) in [6.07, 6.45) is 0. The average molecular weight is 1780 g/mol. The summed E-state index contributed by atoms with van der Waals surface area (Å²) >= 11 is 17.0. The van der Waals surface area contributed by atoms with E-state index in [1.54, 1.807) is 103 Å². The van der Waals surface area contributed by atoms with Crippen LogP contribution in [-0.4, -0.2) is 97.3 Å². The third-order valence-corrected chi connectivity index (χ3v) is 14.9. The third-order valence-electron chi connectivity index (χ3n) is 12.9. The number of ether oxygens (including phenoxy) is 8. The number of non-ortho nitro benzene ring substituents is 2. The lowest BCUT2D eigenvalue weighted by atomic mass is 9.79. The van der Waals surface area contributed by atoms with Gasteiger partial charge in [-0.2, -0.15) is 0 Å². The van der Waals surface area contributed by atoms with Crippen molar-refractivity contribution in [1.29, 1.82) is 0 Å². The van der Waals surface area contributed by atoms with Gasteiger partial charge in [-0.05, 0) is 183 Å². The highest BCUT2D eigenvalue weighted by atomic mass is 127. The molecule has 0 unspecified atom stereocenters. The Morgan fingerprint density at radius 2 is 0.695 bits per heavy atom. The van der Waals surface area contributed by atoms with Gasteiger partial charge in [0, 0.05) is 99.6 Å². The molecule has 0 aliphatic heterocycles. The van der Waals surface area contributed by atoms with Gasteiger partial charge in [0.05, 0.1) is 66.7 Å². The molecule has 0 aliphatic rings. The smallest absolute Gasteiger partial charge is 0.492 e. The number of nitrogens with zero attached hydrogens (tertiary/aromatic N) is 2. The van der Waals surface area contributed by atoms with Crippen LogP contribution in [0, 0.1) is 27.4 Å². The van der Waals surface area contributed by atoms with E-state index in [4.69, 9.17) is 58.8 Å². The fraction of sp³-hybridized carbons (Fsp3) is 0.118. The molecular weight excluding hydrogens is 1710 g/mol. The summed E-state index contributed by atoms with van der Waals surface area (Å²) in [6, 6.07) is 62.8. The zero-order valence-corrected chi connectivity index (χ0v) is 62.9. The minimum atomic E-state index is -1.53. The molecule has 0 bridgehead atoms. The molecule has 496 valence electrons. The fourth-order valence-electron chi connectivity index (χ4n) is 8.15. The Morgan fingerprint density at radius 1 is 0.400 bits per heavy atom. The summed E-state index contributed by atoms with van der Waals surface area (Å²) < 4.78 is 44.9. The number of nitrogen functional groups attached to an aromatic ring is 1. The molecule has 0 heterocycles. The summed E-state index contributed by atoms with van der Waals surface area (Å²) in [5, 5.41) is 57.4. The number of nitro benzene ring substituents is 2. The van der Waals surface area contributed by atoms with Gasteiger partial charge in [-0.3, -0.25) is 20.2 Å². The summed E-state index contributed by atoms with van der Waals surface area (Å²) in [6.45, 7) is 0. The van der Waals surface area contributed by atoms with Crippen LogP contribution < -0.4 is 49.1 Å². The van der Waals surface area contributed by atoms with Crippen LogP contribution in [0.4, 0.5) is 17.1 Å². The van der Waals surface area contributed by atoms with Gasteiger partial charge in [0.1, 0.15) is 57.5 Å². The molecule has 10 aromatic carbocycles. The maximum atomic E-state index is 10.6. The molecule has 0 aromatic heterocycles. The summed E-state index contributed by atoms with van der Waals surface area (Å²) in [7, 11) is 11.2. The molecule has 10 aromatic rings. The van der Waals surface area contributed by atoms with Crippen molar-refractivity contribution in [2.24, 2.45) is 0 Å². The quantitative estimate of drug-likeness (QED) is 0.0210. The van der Waals surface area contributed by atoms with E-state index in [0.29, 0.717) is 28.5 Å². The number of hydrogen-bond acceptors (Lipinski definition) is 17. The van der Waals surface area contributed by atoms with Gasteiger partial charge in [-0.1, -0.05) is 58.4 Å². The van der Waals surface area contributed by atoms with Crippen molar-refractivity contribution in [3.8, 4) is 102 Å². The molecule has 27 heteroatoms. The number of phenolic OH excluding ortho intramolecular Hbond substituents is 2. The Balaban J connectivity index is 0.000000242. The molecule has 0 aliphatic carbocycles. The molecule has 0 atom stereocenters. The number of halogens is 6. The van der Waals surface area contributed by atoms with Gasteiger partial charge in [0.25, 0.3) is 11.4 Å². The normalized spacial score (nSPS) is 9.77. The van der Waals surface area contributed by atoms with E-state index < -0.39 is 17.0 Å². The SMILES string of the molecule is BrB(Br)Br.COc1ccc(-c2ccc(I)cc2)c(OC)c1.COc1ccc(-c2ccc(N)cc2)c(OC)c1.COc1ccc(-c2ccc([N+](=O)[O-])cc2)c(OC)c1.COc1ccc(B(O)O)c(OC)c1.O=[N+]([O-])c1ccc(Br)cc1.Oc1ccc(-c2ccc(I)cc2)c(O)c1. The average Bonchev–Trinajstić information content (AvgIpc) is 0.903. The Morgan fingerprint density at radius 3 is 1.01 bits per heavy atom. The first-order valence-corrected chi connectivity index (χ1v) is 33.3. The summed E-state index contributed by atoms with van der Waals surface area (Å²) in [4.78, 5) is 19.9. The van der Waals surface area contributed by atoms with Crippen molar-refractivity contribution >= 4 is 141 Å². The van der Waals surface area contributed by atoms with Crippen LogP contribution in [-0.2, 0) is 0 Å². The second-order valence-corrected chi connectivity index (χ2v) is 28.6. The number of phenols is 2. The van der Waals surface area contributed by atoms with Gasteiger partial charge < -0.3 is 63.9 Å². The number of hydrogen-bond donors (Lipinski definition) is 5. The lowest BCUT2D eigenvalue weighted by molar-refractivity contribution is -0.385. The fourth-order valence-corrected chi connectivity index (χ4v) is 9.14. The topological polar surface area (TPSA) is 267 Å². The van der Waals surface area contributed by atoms with Crippen LogP contribution in [0.5, 0.6) is 57.5 Å². The van der Waals surface area contributed by atoms with Crippen molar-refractivity contribution in [3.05, 3.63) is 244 Å². The van der Waals surface area contributed by atoms with Crippen molar-refractivity contribution < 1.29 is 68.0 Å². The van der Waals surface area contributed by atoms with Crippen LogP contribution in [0.3, 0.4) is 0 Å². The molecule has 0 spiro atoms. The van der Waals surface area contributed by atoms with Crippen molar-refractivity contribution in [3.63, 3.8) is 0 Å². The number of aromatic hydroxyl groups is 2. The Hall–Kier alpha value is -7.77. The second kappa shape index (κ2) is 41.9. The minimum absolute atomic E-state index is 0.0660. The van der Waals surface area contributed by atoms with E-state index in [9.17, 15) is 25.3 Å². The number of methoxy groups -OCH3 is 8. The second-order valence-electron chi connectivity index (χ2n) is 18.8. The van der Waals surface area contributed by atoms with E-state index in [1.807, 2.05) is 97.1 Å². The molecule has 95 heavy (non-hydrogen) atoms. The first kappa shape index (κ1) is 79.7.